The molecule has 0 heterocycles. The van der Waals surface area contributed by atoms with E-state index in [1.165, 1.54) is 38.5 Å². The third kappa shape index (κ3) is 1.87. The van der Waals surface area contributed by atoms with Crippen LogP contribution in [0.1, 0.15) is 51.4 Å². The molecule has 0 radical (unpaired) electrons. The Kier molecular flexibility index (Phi) is 2.56. The molecule has 2 rings (SSSR count). The average Bonchev–Trinajstić information content (AvgIpc) is 2.59. The molecule has 0 unspecified atom stereocenters. The van der Waals surface area contributed by atoms with Crippen LogP contribution >= 0.6 is 0 Å². The number of hydrogen-bond acceptors (Lipinski definition) is 2. The largest absolute Gasteiger partial charge is 0.465 e. The van der Waals surface area contributed by atoms with Gasteiger partial charge in [0.15, 0.2) is 0 Å². The highest BCUT2D eigenvalue weighted by atomic mass is 16.5. The highest BCUT2D eigenvalue weighted by Crippen LogP contribution is 2.49. The Morgan fingerprint density at radius 2 is 1.69 bits per heavy atom. The molecule has 0 atom stereocenters. The van der Waals surface area contributed by atoms with Gasteiger partial charge in [0, 0.05) is 0 Å². The molecule has 2 saturated carbocycles. The van der Waals surface area contributed by atoms with Crippen molar-refractivity contribution in [1.82, 2.24) is 0 Å². The van der Waals surface area contributed by atoms with Crippen LogP contribution in [0.5, 0.6) is 0 Å². The first-order valence-electron chi connectivity index (χ1n) is 5.44. The van der Waals surface area contributed by atoms with Gasteiger partial charge in [0.05, 0.1) is 0 Å². The molecule has 2 nitrogen and oxygen atoms in total. The van der Waals surface area contributed by atoms with Gasteiger partial charge in [0.1, 0.15) is 6.10 Å². The fourth-order valence-corrected chi connectivity index (χ4v) is 3.04. The molecule has 2 aliphatic rings. The predicted molar refractivity (Wildman–Crippen MR) is 50.3 cm³/mol. The van der Waals surface area contributed by atoms with E-state index in [0.717, 1.165) is 12.8 Å². The van der Waals surface area contributed by atoms with Crippen LogP contribution in [0.15, 0.2) is 0 Å². The smallest absolute Gasteiger partial charge is 0.293 e. The van der Waals surface area contributed by atoms with Gasteiger partial charge in [-0.05, 0) is 43.9 Å². The van der Waals surface area contributed by atoms with Gasteiger partial charge in [0.25, 0.3) is 6.47 Å². The second-order valence-electron chi connectivity index (χ2n) is 4.64. The Morgan fingerprint density at radius 3 is 2.23 bits per heavy atom. The van der Waals surface area contributed by atoms with Crippen molar-refractivity contribution >= 4 is 6.47 Å². The van der Waals surface area contributed by atoms with Crippen LogP contribution in [0.2, 0.25) is 0 Å². The Balaban J connectivity index is 1.84. The number of carbonyl (C=O) groups is 1. The van der Waals surface area contributed by atoms with Gasteiger partial charge in [-0.3, -0.25) is 4.79 Å². The summed E-state index contributed by atoms with van der Waals surface area (Å²) in [6.07, 6.45) is 10.7. The molecule has 0 aromatic heterocycles. The number of ether oxygens (including phenoxy) is 1. The summed E-state index contributed by atoms with van der Waals surface area (Å²) >= 11 is 0. The third-order valence-corrected chi connectivity index (χ3v) is 3.91. The van der Waals surface area contributed by atoms with Crippen molar-refractivity contribution in [2.75, 3.05) is 0 Å². The normalized spacial score (nSPS) is 27.7. The summed E-state index contributed by atoms with van der Waals surface area (Å²) in [6, 6.07) is 0. The van der Waals surface area contributed by atoms with Crippen LogP contribution in [0.4, 0.5) is 0 Å². The van der Waals surface area contributed by atoms with E-state index in [-0.39, 0.29) is 6.10 Å². The summed E-state index contributed by atoms with van der Waals surface area (Å²) in [5.41, 5.74) is 0.656. The molecule has 13 heavy (non-hydrogen) atoms. The van der Waals surface area contributed by atoms with Gasteiger partial charge in [-0.15, -0.1) is 0 Å². The zero-order chi connectivity index (χ0) is 9.15. The summed E-state index contributed by atoms with van der Waals surface area (Å²) in [4.78, 5) is 10.2. The standard InChI is InChI=1S/C11H18O2/c12-9-13-10-3-7-11(8-4-10)5-1-2-6-11/h9-10H,1-8H2. The van der Waals surface area contributed by atoms with Crippen molar-refractivity contribution in [3.63, 3.8) is 0 Å². The lowest BCUT2D eigenvalue weighted by atomic mass is 9.72. The van der Waals surface area contributed by atoms with Gasteiger partial charge in [-0.2, -0.15) is 0 Å². The molecule has 2 fully saturated rings. The topological polar surface area (TPSA) is 26.3 Å². The minimum atomic E-state index is 0.226. The zero-order valence-electron chi connectivity index (χ0n) is 8.13. The van der Waals surface area contributed by atoms with Gasteiger partial charge in [0.2, 0.25) is 0 Å². The zero-order valence-corrected chi connectivity index (χ0v) is 8.13. The van der Waals surface area contributed by atoms with Crippen molar-refractivity contribution < 1.29 is 9.53 Å². The maximum Gasteiger partial charge on any atom is 0.293 e. The molecule has 0 N–H and O–H groups in total. The van der Waals surface area contributed by atoms with Gasteiger partial charge in [-0.1, -0.05) is 12.8 Å². The van der Waals surface area contributed by atoms with Crippen molar-refractivity contribution in [2.24, 2.45) is 5.41 Å². The van der Waals surface area contributed by atoms with Gasteiger partial charge in [-0.25, -0.2) is 0 Å². The molecule has 1 spiro atoms. The summed E-state index contributed by atoms with van der Waals surface area (Å²) < 4.78 is 5.00. The van der Waals surface area contributed by atoms with Crippen LogP contribution in [0, 0.1) is 5.41 Å². The summed E-state index contributed by atoms with van der Waals surface area (Å²) in [5, 5.41) is 0. The lowest BCUT2D eigenvalue weighted by Gasteiger charge is -2.36. The van der Waals surface area contributed by atoms with Gasteiger partial charge < -0.3 is 4.74 Å². The van der Waals surface area contributed by atoms with Crippen molar-refractivity contribution in [3.05, 3.63) is 0 Å². The average molecular weight is 182 g/mol. The van der Waals surface area contributed by atoms with E-state index in [9.17, 15) is 4.79 Å². The molecule has 0 amide bonds. The summed E-state index contributed by atoms with van der Waals surface area (Å²) in [5.74, 6) is 0. The minimum absolute atomic E-state index is 0.226. The quantitative estimate of drug-likeness (QED) is 0.614. The van der Waals surface area contributed by atoms with E-state index < -0.39 is 0 Å². The first-order chi connectivity index (χ1) is 6.35. The Hall–Kier alpha value is -0.530. The van der Waals surface area contributed by atoms with E-state index in [0.29, 0.717) is 11.9 Å². The number of hydrogen-bond donors (Lipinski definition) is 0. The SMILES string of the molecule is O=COC1CCC2(CCCC2)CC1. The Morgan fingerprint density at radius 1 is 1.08 bits per heavy atom. The fourth-order valence-electron chi connectivity index (χ4n) is 3.04. The first kappa shape index (κ1) is 9.04. The van der Waals surface area contributed by atoms with Crippen molar-refractivity contribution in [2.45, 2.75) is 57.5 Å². The van der Waals surface area contributed by atoms with Gasteiger partial charge >= 0.3 is 0 Å². The molecule has 0 bridgehead atoms. The highest BCUT2D eigenvalue weighted by molar-refractivity contribution is 5.37. The summed E-state index contributed by atoms with van der Waals surface area (Å²) in [6.45, 7) is 0.608. The highest BCUT2D eigenvalue weighted by Gasteiger charge is 2.37. The molecular weight excluding hydrogens is 164 g/mol. The second kappa shape index (κ2) is 3.69. The van der Waals surface area contributed by atoms with Crippen LogP contribution in [-0.2, 0) is 9.53 Å². The molecule has 0 saturated heterocycles. The third-order valence-electron chi connectivity index (χ3n) is 3.91. The molecule has 0 aromatic carbocycles. The second-order valence-corrected chi connectivity index (χ2v) is 4.64. The Bertz CT molecular complexity index is 173. The predicted octanol–water partition coefficient (Wildman–Crippen LogP) is 2.66. The lowest BCUT2D eigenvalue weighted by molar-refractivity contribution is -0.136. The molecule has 74 valence electrons. The summed E-state index contributed by atoms with van der Waals surface area (Å²) in [7, 11) is 0. The van der Waals surface area contributed by atoms with E-state index in [2.05, 4.69) is 0 Å². The molecule has 0 aromatic rings. The van der Waals surface area contributed by atoms with Crippen molar-refractivity contribution in [1.29, 1.82) is 0 Å². The first-order valence-corrected chi connectivity index (χ1v) is 5.44. The van der Waals surface area contributed by atoms with Crippen molar-refractivity contribution in [3.8, 4) is 0 Å². The fraction of sp³-hybridized carbons (Fsp3) is 0.909. The van der Waals surface area contributed by atoms with E-state index in [1.807, 2.05) is 0 Å². The van der Waals surface area contributed by atoms with Crippen LogP contribution in [0.25, 0.3) is 0 Å². The minimum Gasteiger partial charge on any atom is -0.465 e. The van der Waals surface area contributed by atoms with E-state index in [4.69, 9.17) is 4.74 Å². The maximum atomic E-state index is 10.2. The molecular formula is C11H18O2. The molecule has 2 heteroatoms. The molecule has 2 aliphatic carbocycles. The van der Waals surface area contributed by atoms with Crippen LogP contribution in [0.3, 0.4) is 0 Å². The monoisotopic (exact) mass is 182 g/mol. The molecule has 0 aliphatic heterocycles. The lowest BCUT2D eigenvalue weighted by Crippen LogP contribution is -2.28. The van der Waals surface area contributed by atoms with E-state index >= 15 is 0 Å². The van der Waals surface area contributed by atoms with Crippen LogP contribution in [-0.4, -0.2) is 12.6 Å². The Labute approximate surface area is 79.7 Å². The maximum absolute atomic E-state index is 10.2. The number of rotatable bonds is 2. The van der Waals surface area contributed by atoms with Crippen LogP contribution < -0.4 is 0 Å². The number of carbonyl (C=O) groups excluding carboxylic acids is 1. The van der Waals surface area contributed by atoms with E-state index in [1.54, 1.807) is 0 Å².